The van der Waals surface area contributed by atoms with Gasteiger partial charge in [0.15, 0.2) is 0 Å². The molecule has 2 rings (SSSR count). The number of amides is 1. The summed E-state index contributed by atoms with van der Waals surface area (Å²) in [6, 6.07) is 5.21. The van der Waals surface area contributed by atoms with Crippen molar-refractivity contribution in [1.82, 2.24) is 10.3 Å². The number of carbonyl (C=O) groups is 2. The lowest BCUT2D eigenvalue weighted by Crippen LogP contribution is -2.31. The minimum absolute atomic E-state index is 0.357. The number of carbonyl (C=O) groups excluding carboxylic acids is 2. The Hall–Kier alpha value is -1.81. The van der Waals surface area contributed by atoms with Crippen molar-refractivity contribution in [2.75, 3.05) is 6.54 Å². The topological polar surface area (TPSA) is 62.0 Å². The lowest BCUT2D eigenvalue weighted by molar-refractivity contribution is -0.117. The molecule has 0 unspecified atom stereocenters. The van der Waals surface area contributed by atoms with E-state index < -0.39 is 11.7 Å². The molecule has 0 atom stereocenters. The average molecular weight is 293 g/mol. The normalized spacial score (nSPS) is 10.7. The van der Waals surface area contributed by atoms with Gasteiger partial charge >= 0.3 is 0 Å². The molecule has 0 fully saturated rings. The summed E-state index contributed by atoms with van der Waals surface area (Å²) >= 11 is 5.92. The number of aromatic amines is 1. The summed E-state index contributed by atoms with van der Waals surface area (Å²) in [6.45, 7) is 2.62. The van der Waals surface area contributed by atoms with Crippen LogP contribution in [0, 0.1) is 0 Å². The molecule has 1 aromatic heterocycles. The summed E-state index contributed by atoms with van der Waals surface area (Å²) in [4.78, 5) is 26.9. The van der Waals surface area contributed by atoms with Crippen LogP contribution >= 0.6 is 11.6 Å². The van der Waals surface area contributed by atoms with Gasteiger partial charge in [-0.05, 0) is 24.6 Å². The zero-order valence-electron chi connectivity index (χ0n) is 11.3. The van der Waals surface area contributed by atoms with E-state index in [-0.39, 0.29) is 0 Å². The molecule has 20 heavy (non-hydrogen) atoms. The van der Waals surface area contributed by atoms with Crippen LogP contribution in [0.3, 0.4) is 0 Å². The Morgan fingerprint density at radius 2 is 2.10 bits per heavy atom. The van der Waals surface area contributed by atoms with Crippen molar-refractivity contribution in [3.63, 3.8) is 0 Å². The summed E-state index contributed by atoms with van der Waals surface area (Å²) in [5.74, 6) is -1.10. The van der Waals surface area contributed by atoms with Gasteiger partial charge in [-0.3, -0.25) is 9.59 Å². The van der Waals surface area contributed by atoms with E-state index in [0.717, 1.165) is 24.8 Å². The monoisotopic (exact) mass is 292 g/mol. The Bertz CT molecular complexity index is 634. The zero-order chi connectivity index (χ0) is 14.5. The van der Waals surface area contributed by atoms with Crippen LogP contribution in [0.5, 0.6) is 0 Å². The van der Waals surface area contributed by atoms with Gasteiger partial charge in [0.2, 0.25) is 0 Å². The van der Waals surface area contributed by atoms with Crippen molar-refractivity contribution in [3.8, 4) is 0 Å². The molecule has 0 bridgehead atoms. The molecule has 0 aliphatic rings. The fraction of sp³-hybridized carbons (Fsp3) is 0.333. The predicted octanol–water partition coefficient (Wildman–Crippen LogP) is 3.31. The van der Waals surface area contributed by atoms with Crippen molar-refractivity contribution in [2.45, 2.75) is 26.2 Å². The van der Waals surface area contributed by atoms with Gasteiger partial charge in [0.05, 0.1) is 5.56 Å². The van der Waals surface area contributed by atoms with Gasteiger partial charge in [-0.25, -0.2) is 0 Å². The summed E-state index contributed by atoms with van der Waals surface area (Å²) in [7, 11) is 0. The average Bonchev–Trinajstić information content (AvgIpc) is 2.85. The highest BCUT2D eigenvalue weighted by Gasteiger charge is 2.19. The molecule has 0 saturated heterocycles. The van der Waals surface area contributed by atoms with E-state index in [2.05, 4.69) is 17.2 Å². The maximum Gasteiger partial charge on any atom is 0.292 e. The van der Waals surface area contributed by atoms with Crippen LogP contribution in [0.4, 0.5) is 0 Å². The Morgan fingerprint density at radius 1 is 1.30 bits per heavy atom. The van der Waals surface area contributed by atoms with E-state index in [9.17, 15) is 9.59 Å². The highest BCUT2D eigenvalue weighted by molar-refractivity contribution is 6.45. The molecular formula is C15H17ClN2O2. The fourth-order valence-corrected chi connectivity index (χ4v) is 2.23. The largest absolute Gasteiger partial charge is 0.360 e. The Labute approximate surface area is 122 Å². The second-order valence-electron chi connectivity index (χ2n) is 4.68. The van der Waals surface area contributed by atoms with E-state index in [1.54, 1.807) is 24.4 Å². The number of benzene rings is 1. The van der Waals surface area contributed by atoms with Gasteiger partial charge in [-0.15, -0.1) is 0 Å². The van der Waals surface area contributed by atoms with Crippen LogP contribution in [0.25, 0.3) is 10.9 Å². The molecule has 1 heterocycles. The standard InChI is InChI=1S/C15H17ClN2O2/c1-2-3-4-7-17-15(20)14(19)12-9-18-13-6-5-10(16)8-11(12)13/h5-6,8-9,18H,2-4,7H2,1H3,(H,17,20). The molecule has 1 aromatic carbocycles. The Kier molecular flexibility index (Phi) is 4.79. The third-order valence-electron chi connectivity index (χ3n) is 3.16. The van der Waals surface area contributed by atoms with E-state index in [1.807, 2.05) is 0 Å². The van der Waals surface area contributed by atoms with Crippen molar-refractivity contribution in [2.24, 2.45) is 0 Å². The van der Waals surface area contributed by atoms with E-state index in [4.69, 9.17) is 11.6 Å². The number of H-pyrrole nitrogens is 1. The second kappa shape index (κ2) is 6.57. The van der Waals surface area contributed by atoms with E-state index in [0.29, 0.717) is 22.5 Å². The van der Waals surface area contributed by atoms with E-state index >= 15 is 0 Å². The summed E-state index contributed by atoms with van der Waals surface area (Å²) in [6.07, 6.45) is 4.55. The maximum absolute atomic E-state index is 12.1. The summed E-state index contributed by atoms with van der Waals surface area (Å²) < 4.78 is 0. The number of unbranched alkanes of at least 4 members (excludes halogenated alkanes) is 2. The van der Waals surface area contributed by atoms with Crippen molar-refractivity contribution in [1.29, 1.82) is 0 Å². The number of aromatic nitrogens is 1. The number of ketones is 1. The highest BCUT2D eigenvalue weighted by atomic mass is 35.5. The summed E-state index contributed by atoms with van der Waals surface area (Å²) in [5, 5.41) is 3.86. The molecule has 2 aromatic rings. The van der Waals surface area contributed by atoms with Crippen molar-refractivity contribution in [3.05, 3.63) is 35.0 Å². The van der Waals surface area contributed by atoms with Gasteiger partial charge in [0, 0.05) is 28.7 Å². The summed E-state index contributed by atoms with van der Waals surface area (Å²) in [5.41, 5.74) is 1.15. The minimum Gasteiger partial charge on any atom is -0.360 e. The second-order valence-corrected chi connectivity index (χ2v) is 5.12. The quantitative estimate of drug-likeness (QED) is 0.487. The molecule has 0 aliphatic carbocycles. The number of nitrogens with one attached hydrogen (secondary N) is 2. The van der Waals surface area contributed by atoms with Gasteiger partial charge in [-0.2, -0.15) is 0 Å². The number of hydrogen-bond donors (Lipinski definition) is 2. The van der Waals surface area contributed by atoms with Crippen molar-refractivity contribution >= 4 is 34.2 Å². The molecule has 0 spiro atoms. The number of fused-ring (bicyclic) bond motifs is 1. The van der Waals surface area contributed by atoms with Gasteiger partial charge in [-0.1, -0.05) is 31.4 Å². The molecule has 0 saturated carbocycles. The molecule has 5 heteroatoms. The molecular weight excluding hydrogens is 276 g/mol. The predicted molar refractivity (Wildman–Crippen MR) is 80.2 cm³/mol. The van der Waals surface area contributed by atoms with Crippen LogP contribution in [-0.2, 0) is 4.79 Å². The van der Waals surface area contributed by atoms with Gasteiger partial charge < -0.3 is 10.3 Å². The smallest absolute Gasteiger partial charge is 0.292 e. The van der Waals surface area contributed by atoms with Crippen LogP contribution in [-0.4, -0.2) is 23.2 Å². The third kappa shape index (κ3) is 3.20. The first-order valence-electron chi connectivity index (χ1n) is 6.72. The SMILES string of the molecule is CCCCCNC(=O)C(=O)c1c[nH]c2ccc(Cl)cc12. The van der Waals surface area contributed by atoms with Crippen LogP contribution < -0.4 is 5.32 Å². The fourth-order valence-electron chi connectivity index (χ4n) is 2.06. The molecule has 1 amide bonds. The number of Topliss-reactive ketones (excluding diaryl/α,β-unsaturated/α-hetero) is 1. The highest BCUT2D eigenvalue weighted by Crippen LogP contribution is 2.22. The third-order valence-corrected chi connectivity index (χ3v) is 3.40. The van der Waals surface area contributed by atoms with Crippen LogP contribution in [0.1, 0.15) is 36.5 Å². The molecule has 0 aliphatic heterocycles. The number of hydrogen-bond acceptors (Lipinski definition) is 2. The Morgan fingerprint density at radius 3 is 2.85 bits per heavy atom. The van der Waals surface area contributed by atoms with Crippen molar-refractivity contribution < 1.29 is 9.59 Å². The van der Waals surface area contributed by atoms with E-state index in [1.165, 1.54) is 0 Å². The molecule has 4 nitrogen and oxygen atoms in total. The number of halogens is 1. The first-order chi connectivity index (χ1) is 9.63. The lowest BCUT2D eigenvalue weighted by Gasteiger charge is -2.03. The van der Waals surface area contributed by atoms with Crippen LogP contribution in [0.2, 0.25) is 5.02 Å². The van der Waals surface area contributed by atoms with Gasteiger partial charge in [0.1, 0.15) is 0 Å². The molecule has 106 valence electrons. The lowest BCUT2D eigenvalue weighted by atomic mass is 10.1. The minimum atomic E-state index is -0.568. The molecule has 0 radical (unpaired) electrons. The first kappa shape index (κ1) is 14.6. The van der Waals surface area contributed by atoms with Crippen LogP contribution in [0.15, 0.2) is 24.4 Å². The maximum atomic E-state index is 12.1. The Balaban J connectivity index is 2.11. The number of rotatable bonds is 6. The zero-order valence-corrected chi connectivity index (χ0v) is 12.1. The first-order valence-corrected chi connectivity index (χ1v) is 7.10. The molecule has 2 N–H and O–H groups in total. The van der Waals surface area contributed by atoms with Gasteiger partial charge in [0.25, 0.3) is 11.7 Å².